The molecule has 31 heavy (non-hydrogen) atoms. The van der Waals surface area contributed by atoms with Crippen molar-refractivity contribution in [3.8, 4) is 0 Å². The van der Waals surface area contributed by atoms with Crippen molar-refractivity contribution in [2.75, 3.05) is 32.8 Å². The molecule has 2 N–H and O–H groups in total. The number of carbonyl (C=O) groups excluding carboxylic acids is 2. The lowest BCUT2D eigenvalue weighted by molar-refractivity contribution is -0.0225. The van der Waals surface area contributed by atoms with Gasteiger partial charge in [0.1, 0.15) is 21.6 Å². The van der Waals surface area contributed by atoms with Crippen LogP contribution in [0.3, 0.4) is 0 Å². The fraction of sp³-hybridized carbons (Fsp3) is 0.429. The zero-order valence-electron chi connectivity index (χ0n) is 16.7. The van der Waals surface area contributed by atoms with Gasteiger partial charge in [0.05, 0.1) is 19.8 Å². The maximum absolute atomic E-state index is 13.0. The molecule has 2 aliphatic rings. The van der Waals surface area contributed by atoms with Crippen LogP contribution in [0.4, 0.5) is 0 Å². The number of hydrogen-bond donors (Lipinski definition) is 2. The van der Waals surface area contributed by atoms with Gasteiger partial charge in [0, 0.05) is 42.2 Å². The lowest BCUT2D eigenvalue weighted by Gasteiger charge is -2.33. The first-order valence-electron chi connectivity index (χ1n) is 10.3. The molecule has 0 aromatic carbocycles. The first kappa shape index (κ1) is 20.1. The minimum Gasteiger partial charge on any atom is -0.395 e. The Morgan fingerprint density at radius 2 is 2.23 bits per heavy atom. The van der Waals surface area contributed by atoms with Gasteiger partial charge in [-0.1, -0.05) is 11.2 Å². The number of thiophene rings is 1. The number of amides is 2. The van der Waals surface area contributed by atoms with Crippen molar-refractivity contribution < 1.29 is 24.0 Å². The van der Waals surface area contributed by atoms with E-state index in [-0.39, 0.29) is 25.0 Å². The number of carbonyl (C=O) groups is 2. The van der Waals surface area contributed by atoms with E-state index in [2.05, 4.69) is 15.5 Å². The molecule has 1 saturated heterocycles. The number of nitrogens with zero attached hydrogens (tertiary/aromatic N) is 3. The van der Waals surface area contributed by atoms with Crippen molar-refractivity contribution in [2.45, 2.75) is 24.9 Å². The minimum atomic E-state index is -0.472. The van der Waals surface area contributed by atoms with E-state index in [4.69, 9.17) is 14.4 Å². The number of pyridine rings is 1. The zero-order valence-corrected chi connectivity index (χ0v) is 17.6. The van der Waals surface area contributed by atoms with E-state index in [1.165, 1.54) is 11.3 Å². The van der Waals surface area contributed by atoms with Crippen LogP contribution in [-0.2, 0) is 4.74 Å². The highest BCUT2D eigenvalue weighted by Gasteiger charge is 2.34. The van der Waals surface area contributed by atoms with Crippen LogP contribution < -0.4 is 5.32 Å². The van der Waals surface area contributed by atoms with E-state index < -0.39 is 6.10 Å². The summed E-state index contributed by atoms with van der Waals surface area (Å²) in [6.45, 7) is 1.09. The number of aromatic nitrogens is 2. The molecule has 1 atom stereocenters. The second-order valence-corrected chi connectivity index (χ2v) is 8.68. The first-order valence-corrected chi connectivity index (χ1v) is 11.1. The predicted octanol–water partition coefficient (Wildman–Crippen LogP) is 2.10. The summed E-state index contributed by atoms with van der Waals surface area (Å²) in [5, 5.41) is 16.6. The van der Waals surface area contributed by atoms with Gasteiger partial charge in [-0.15, -0.1) is 11.3 Å². The number of morpholine rings is 1. The highest BCUT2D eigenvalue weighted by atomic mass is 32.1. The maximum Gasteiger partial charge on any atom is 0.276 e. The van der Waals surface area contributed by atoms with Crippen molar-refractivity contribution in [1.82, 2.24) is 20.4 Å². The van der Waals surface area contributed by atoms with Crippen molar-refractivity contribution >= 4 is 33.4 Å². The molecule has 0 radical (unpaired) electrons. The summed E-state index contributed by atoms with van der Waals surface area (Å²) in [7, 11) is 0. The molecule has 2 amide bonds. The topological polar surface area (TPSA) is 118 Å². The molecule has 4 heterocycles. The Labute approximate surface area is 182 Å². The van der Waals surface area contributed by atoms with Crippen molar-refractivity contribution in [1.29, 1.82) is 0 Å². The average Bonchev–Trinajstić information content (AvgIpc) is 3.40. The molecule has 162 valence electrons. The predicted molar refractivity (Wildman–Crippen MR) is 112 cm³/mol. The number of aliphatic hydroxyl groups is 1. The number of nitrogens with one attached hydrogen (secondary N) is 1. The molecular weight excluding hydrogens is 420 g/mol. The van der Waals surface area contributed by atoms with Gasteiger partial charge in [-0.25, -0.2) is 4.98 Å². The smallest absolute Gasteiger partial charge is 0.276 e. The van der Waals surface area contributed by atoms with Crippen LogP contribution in [-0.4, -0.2) is 64.8 Å². The van der Waals surface area contributed by atoms with Crippen LogP contribution in [0.5, 0.6) is 0 Å². The number of rotatable bonds is 6. The molecule has 10 heteroatoms. The van der Waals surface area contributed by atoms with E-state index in [0.717, 1.165) is 34.4 Å². The van der Waals surface area contributed by atoms with Crippen LogP contribution >= 0.6 is 11.3 Å². The van der Waals surface area contributed by atoms with E-state index in [1.54, 1.807) is 17.2 Å². The standard InChI is InChI=1S/C21H22N4O5S/c26-8-6-22-19(27)18-17(13-2-1-5-23-20(13)31-18)16-11-25(7-9-29-16)21(28)14-10-15(30-24-14)12-3-4-12/h1-2,5,10,12,16,26H,3-4,6-9,11H2,(H,22,27). The van der Waals surface area contributed by atoms with Crippen LogP contribution in [0.2, 0.25) is 0 Å². The number of hydrogen-bond acceptors (Lipinski definition) is 8. The highest BCUT2D eigenvalue weighted by Crippen LogP contribution is 2.40. The van der Waals surface area contributed by atoms with Gasteiger partial charge in [-0.05, 0) is 18.9 Å². The fourth-order valence-corrected chi connectivity index (χ4v) is 4.92. The second kappa shape index (κ2) is 8.37. The third kappa shape index (κ3) is 3.93. The molecule has 0 spiro atoms. The van der Waals surface area contributed by atoms with Crippen molar-refractivity contribution in [3.63, 3.8) is 0 Å². The summed E-state index contributed by atoms with van der Waals surface area (Å²) < 4.78 is 11.3. The van der Waals surface area contributed by atoms with Crippen LogP contribution in [0, 0.1) is 0 Å². The lowest BCUT2D eigenvalue weighted by atomic mass is 10.0. The molecule has 1 aliphatic heterocycles. The van der Waals surface area contributed by atoms with Crippen LogP contribution in [0.1, 0.15) is 56.3 Å². The molecule has 3 aromatic rings. The fourth-order valence-electron chi connectivity index (χ4n) is 3.81. The lowest BCUT2D eigenvalue weighted by Crippen LogP contribution is -2.42. The average molecular weight is 442 g/mol. The van der Waals surface area contributed by atoms with Crippen molar-refractivity contribution in [3.05, 3.63) is 46.3 Å². The minimum absolute atomic E-state index is 0.146. The Hall–Kier alpha value is -2.82. The maximum atomic E-state index is 13.0. The molecule has 1 aliphatic carbocycles. The monoisotopic (exact) mass is 442 g/mol. The van der Waals surface area contributed by atoms with Gasteiger partial charge in [0.2, 0.25) is 0 Å². The van der Waals surface area contributed by atoms with Crippen LogP contribution in [0.15, 0.2) is 28.9 Å². The third-order valence-corrected chi connectivity index (χ3v) is 6.64. The molecule has 2 fully saturated rings. The van der Waals surface area contributed by atoms with E-state index in [9.17, 15) is 9.59 Å². The van der Waals surface area contributed by atoms with Gasteiger partial charge in [-0.3, -0.25) is 9.59 Å². The molecule has 1 unspecified atom stereocenters. The van der Waals surface area contributed by atoms with Gasteiger partial charge >= 0.3 is 0 Å². The van der Waals surface area contributed by atoms with Crippen molar-refractivity contribution in [2.24, 2.45) is 0 Å². The number of aliphatic hydroxyl groups excluding tert-OH is 1. The second-order valence-electron chi connectivity index (χ2n) is 7.68. The number of fused-ring (bicyclic) bond motifs is 1. The molecule has 3 aromatic heterocycles. The van der Waals surface area contributed by atoms with E-state index >= 15 is 0 Å². The summed E-state index contributed by atoms with van der Waals surface area (Å²) in [6.07, 6.45) is 3.35. The first-order chi connectivity index (χ1) is 15.2. The summed E-state index contributed by atoms with van der Waals surface area (Å²) in [5.74, 6) is 0.666. The summed E-state index contributed by atoms with van der Waals surface area (Å²) in [5.41, 5.74) is 1.03. The third-order valence-electron chi connectivity index (χ3n) is 5.51. The summed E-state index contributed by atoms with van der Waals surface area (Å²) in [4.78, 5) is 33.1. The normalized spacial score (nSPS) is 19.0. The molecule has 1 saturated carbocycles. The Balaban J connectivity index is 1.42. The summed E-state index contributed by atoms with van der Waals surface area (Å²) >= 11 is 1.28. The van der Waals surface area contributed by atoms with E-state index in [0.29, 0.717) is 36.2 Å². The Kier molecular flexibility index (Phi) is 5.43. The highest BCUT2D eigenvalue weighted by molar-refractivity contribution is 7.20. The van der Waals surface area contributed by atoms with Gasteiger partial charge < -0.3 is 24.6 Å². The summed E-state index contributed by atoms with van der Waals surface area (Å²) in [6, 6.07) is 5.46. The molecule has 9 nitrogen and oxygen atoms in total. The largest absolute Gasteiger partial charge is 0.395 e. The SMILES string of the molecule is O=C(NCCO)c1sc2ncccc2c1C1CN(C(=O)c2cc(C3CC3)on2)CCO1. The van der Waals surface area contributed by atoms with E-state index in [1.807, 2.05) is 12.1 Å². The molecule has 0 bridgehead atoms. The van der Waals surface area contributed by atoms with Gasteiger partial charge in [0.15, 0.2) is 5.69 Å². The molecule has 5 rings (SSSR count). The van der Waals surface area contributed by atoms with Crippen LogP contribution in [0.25, 0.3) is 10.2 Å². The quantitative estimate of drug-likeness (QED) is 0.600. The number of ether oxygens (including phenoxy) is 1. The Morgan fingerprint density at radius 1 is 1.35 bits per heavy atom. The van der Waals surface area contributed by atoms with Gasteiger partial charge in [0.25, 0.3) is 11.8 Å². The Morgan fingerprint density at radius 3 is 3.03 bits per heavy atom. The van der Waals surface area contributed by atoms with Gasteiger partial charge in [-0.2, -0.15) is 0 Å². The zero-order chi connectivity index (χ0) is 21.4. The molecular formula is C21H22N4O5S. The Bertz CT molecular complexity index is 1120.